The molecule has 0 fully saturated rings. The van der Waals surface area contributed by atoms with Crippen molar-refractivity contribution in [2.24, 2.45) is 0 Å². The molecule has 0 amide bonds. The molecule has 26 heavy (non-hydrogen) atoms. The Morgan fingerprint density at radius 3 is 2.12 bits per heavy atom. The molecule has 0 radical (unpaired) electrons. The lowest BCUT2D eigenvalue weighted by molar-refractivity contribution is 0.403. The largest absolute Gasteiger partial charge is 0.502 e. The fourth-order valence-corrected chi connectivity index (χ4v) is 2.20. The molecule has 1 heterocycles. The number of aromatic hydroxyl groups is 1. The highest BCUT2D eigenvalue weighted by molar-refractivity contribution is 5.51. The van der Waals surface area contributed by atoms with Gasteiger partial charge in [-0.2, -0.15) is 5.26 Å². The van der Waals surface area contributed by atoms with E-state index in [2.05, 4.69) is 23.2 Å². The average molecular weight is 342 g/mol. The molecule has 0 atom stereocenters. The van der Waals surface area contributed by atoms with E-state index in [1.54, 1.807) is 12.1 Å². The van der Waals surface area contributed by atoms with Crippen LogP contribution in [0, 0.1) is 23.2 Å². The minimum absolute atomic E-state index is 0.183. The van der Waals surface area contributed by atoms with Crippen molar-refractivity contribution < 1.29 is 9.52 Å². The summed E-state index contributed by atoms with van der Waals surface area (Å²) in [6, 6.07) is 17.7. The van der Waals surface area contributed by atoms with E-state index in [0.29, 0.717) is 5.56 Å². The lowest BCUT2D eigenvalue weighted by atomic mass is 10.1. The van der Waals surface area contributed by atoms with Crippen LogP contribution in [0.25, 0.3) is 0 Å². The van der Waals surface area contributed by atoms with E-state index in [-0.39, 0.29) is 18.1 Å². The van der Waals surface area contributed by atoms with Crippen molar-refractivity contribution in [2.75, 3.05) is 5.32 Å². The molecule has 0 saturated heterocycles. The topological polar surface area (TPSA) is 86.3 Å². The Morgan fingerprint density at radius 1 is 0.923 bits per heavy atom. The number of rotatable bonds is 3. The first kappa shape index (κ1) is 16.9. The van der Waals surface area contributed by atoms with E-state index in [0.717, 1.165) is 16.8 Å². The second-order valence-electron chi connectivity index (χ2n) is 5.43. The van der Waals surface area contributed by atoms with Crippen LogP contribution in [0.2, 0.25) is 0 Å². The monoisotopic (exact) mass is 342 g/mol. The number of nitriles is 1. The van der Waals surface area contributed by atoms with Crippen molar-refractivity contribution in [2.45, 2.75) is 6.54 Å². The highest BCUT2D eigenvalue weighted by atomic mass is 16.4. The zero-order valence-corrected chi connectivity index (χ0v) is 13.7. The third-order valence-corrected chi connectivity index (χ3v) is 3.63. The standard InChI is InChI=1S/C21H14N2O3/c22-13-17-5-3-15(4-6-17)1-2-16-7-9-18(10-8-16)23-14-20-21(25)19(24)11-12-26-20/h3-12,23,25H,14H2. The Balaban J connectivity index is 1.65. The van der Waals surface area contributed by atoms with Gasteiger partial charge < -0.3 is 14.8 Å². The number of benzene rings is 2. The van der Waals surface area contributed by atoms with Crippen LogP contribution in [0.1, 0.15) is 22.5 Å². The third-order valence-electron chi connectivity index (χ3n) is 3.63. The van der Waals surface area contributed by atoms with Crippen LogP contribution in [0.15, 0.2) is 70.1 Å². The molecule has 0 bridgehead atoms. The predicted molar refractivity (Wildman–Crippen MR) is 97.5 cm³/mol. The highest BCUT2D eigenvalue weighted by Gasteiger charge is 2.06. The highest BCUT2D eigenvalue weighted by Crippen LogP contribution is 2.15. The first-order valence-corrected chi connectivity index (χ1v) is 7.81. The lowest BCUT2D eigenvalue weighted by Gasteiger charge is -2.06. The fraction of sp³-hybridized carbons (Fsp3) is 0.0476. The van der Waals surface area contributed by atoms with Gasteiger partial charge in [-0.3, -0.25) is 4.79 Å². The van der Waals surface area contributed by atoms with Crippen molar-refractivity contribution in [1.29, 1.82) is 5.26 Å². The van der Waals surface area contributed by atoms with Crippen LogP contribution < -0.4 is 10.7 Å². The van der Waals surface area contributed by atoms with Crippen molar-refractivity contribution in [3.63, 3.8) is 0 Å². The molecule has 5 heteroatoms. The maximum absolute atomic E-state index is 11.4. The minimum Gasteiger partial charge on any atom is -0.502 e. The quantitative estimate of drug-likeness (QED) is 0.714. The summed E-state index contributed by atoms with van der Waals surface area (Å²) in [5, 5.41) is 21.5. The van der Waals surface area contributed by atoms with E-state index in [1.807, 2.05) is 36.4 Å². The molecule has 0 saturated carbocycles. The third kappa shape index (κ3) is 4.11. The molecule has 5 nitrogen and oxygen atoms in total. The van der Waals surface area contributed by atoms with E-state index in [9.17, 15) is 9.90 Å². The molecule has 2 aromatic carbocycles. The van der Waals surface area contributed by atoms with E-state index < -0.39 is 5.43 Å². The average Bonchev–Trinajstić information content (AvgIpc) is 2.69. The second-order valence-corrected chi connectivity index (χ2v) is 5.43. The van der Waals surface area contributed by atoms with E-state index >= 15 is 0 Å². The van der Waals surface area contributed by atoms with Crippen molar-refractivity contribution in [1.82, 2.24) is 0 Å². The summed E-state index contributed by atoms with van der Waals surface area (Å²) in [4.78, 5) is 11.4. The Morgan fingerprint density at radius 2 is 1.50 bits per heavy atom. The van der Waals surface area contributed by atoms with Crippen molar-refractivity contribution in [3.8, 4) is 23.7 Å². The van der Waals surface area contributed by atoms with E-state index in [1.165, 1.54) is 12.3 Å². The summed E-state index contributed by atoms with van der Waals surface area (Å²) in [6.45, 7) is 0.193. The van der Waals surface area contributed by atoms with Gasteiger partial charge >= 0.3 is 0 Å². The molecule has 3 aromatic rings. The molecule has 3 rings (SSSR count). The summed E-state index contributed by atoms with van der Waals surface area (Å²) in [6.07, 6.45) is 1.25. The summed E-state index contributed by atoms with van der Waals surface area (Å²) in [5.74, 6) is 5.89. The van der Waals surface area contributed by atoms with Gasteiger partial charge in [0.1, 0.15) is 0 Å². The van der Waals surface area contributed by atoms with Gasteiger partial charge in [-0.1, -0.05) is 11.8 Å². The SMILES string of the molecule is N#Cc1ccc(C#Cc2ccc(NCc3occc(=O)c3O)cc2)cc1. The first-order chi connectivity index (χ1) is 12.7. The molecular formula is C21H14N2O3. The Labute approximate surface area is 150 Å². The molecule has 0 aliphatic carbocycles. The van der Waals surface area contributed by atoms with Crippen LogP contribution in [-0.2, 0) is 6.54 Å². The second kappa shape index (κ2) is 7.74. The zero-order valence-electron chi connectivity index (χ0n) is 13.7. The van der Waals surface area contributed by atoms with Crippen LogP contribution in [0.4, 0.5) is 5.69 Å². The summed E-state index contributed by atoms with van der Waals surface area (Å²) < 4.78 is 5.13. The first-order valence-electron chi connectivity index (χ1n) is 7.81. The molecule has 0 spiro atoms. The van der Waals surface area contributed by atoms with Crippen LogP contribution in [0.5, 0.6) is 5.75 Å². The number of nitrogens with zero attached hydrogens (tertiary/aromatic N) is 1. The van der Waals surface area contributed by atoms with Gasteiger partial charge in [-0.25, -0.2) is 0 Å². The molecule has 0 aliphatic heterocycles. The fourth-order valence-electron chi connectivity index (χ4n) is 2.20. The summed E-state index contributed by atoms with van der Waals surface area (Å²) in [5.41, 5.74) is 2.61. The molecule has 2 N–H and O–H groups in total. The maximum atomic E-state index is 11.4. The Hall–Kier alpha value is -3.96. The van der Waals surface area contributed by atoms with Crippen LogP contribution in [0.3, 0.4) is 0 Å². The summed E-state index contributed by atoms with van der Waals surface area (Å²) >= 11 is 0. The normalized spacial score (nSPS) is 9.65. The van der Waals surface area contributed by atoms with Gasteiger partial charge in [0, 0.05) is 22.9 Å². The number of nitrogens with one attached hydrogen (secondary N) is 1. The molecular weight excluding hydrogens is 328 g/mol. The Kier molecular flexibility index (Phi) is 5.03. The van der Waals surface area contributed by atoms with Gasteiger partial charge in [-0.05, 0) is 48.5 Å². The molecule has 1 aromatic heterocycles. The van der Waals surface area contributed by atoms with Gasteiger partial charge in [-0.15, -0.1) is 0 Å². The van der Waals surface area contributed by atoms with Crippen molar-refractivity contribution in [3.05, 3.63) is 93.5 Å². The predicted octanol–water partition coefficient (Wildman–Crippen LogP) is 3.23. The van der Waals surface area contributed by atoms with Gasteiger partial charge in [0.25, 0.3) is 0 Å². The van der Waals surface area contributed by atoms with Gasteiger partial charge in [0.15, 0.2) is 5.76 Å². The van der Waals surface area contributed by atoms with Gasteiger partial charge in [0.05, 0.1) is 24.4 Å². The maximum Gasteiger partial charge on any atom is 0.226 e. The van der Waals surface area contributed by atoms with Gasteiger partial charge in [0.2, 0.25) is 11.2 Å². The van der Waals surface area contributed by atoms with Crippen molar-refractivity contribution >= 4 is 5.69 Å². The summed E-state index contributed by atoms with van der Waals surface area (Å²) in [7, 11) is 0. The molecule has 0 unspecified atom stereocenters. The molecule has 126 valence electrons. The molecule has 0 aliphatic rings. The minimum atomic E-state index is -0.471. The zero-order chi connectivity index (χ0) is 18.4. The van der Waals surface area contributed by atoms with Crippen LogP contribution >= 0.6 is 0 Å². The Bertz CT molecular complexity index is 1060. The smallest absolute Gasteiger partial charge is 0.226 e. The lowest BCUT2D eigenvalue weighted by Crippen LogP contribution is -2.05. The number of hydrogen-bond acceptors (Lipinski definition) is 5. The van der Waals surface area contributed by atoms with E-state index in [4.69, 9.17) is 9.68 Å². The number of anilines is 1. The number of hydrogen-bond donors (Lipinski definition) is 2. The van der Waals surface area contributed by atoms with Crippen LogP contribution in [-0.4, -0.2) is 5.11 Å².